The number of rotatable bonds is 20. The maximum absolute atomic E-state index is 12.8. The predicted molar refractivity (Wildman–Crippen MR) is 141 cm³/mol. The Morgan fingerprint density at radius 3 is 1.74 bits per heavy atom. The lowest BCUT2D eigenvalue weighted by molar-refractivity contribution is -0.148. The number of amides is 1. The second-order valence-corrected chi connectivity index (χ2v) is 10.8. The molecular weight excluding hydrogens is 426 g/mol. The van der Waals surface area contributed by atoms with Crippen molar-refractivity contribution in [3.63, 3.8) is 0 Å². The highest BCUT2D eigenvalue weighted by atomic mass is 16.6. The van der Waals surface area contributed by atoms with Crippen molar-refractivity contribution in [2.24, 2.45) is 11.8 Å². The number of carbonyl (C=O) groups is 2. The zero-order chi connectivity index (χ0) is 24.9. The van der Waals surface area contributed by atoms with Crippen LogP contribution in [0.3, 0.4) is 0 Å². The van der Waals surface area contributed by atoms with Crippen LogP contribution >= 0.6 is 0 Å². The first-order valence-corrected chi connectivity index (χ1v) is 14.6. The average Bonchev–Trinajstić information content (AvgIpc) is 2.84. The number of ether oxygens (including phenoxy) is 2. The largest absolute Gasteiger partial charge is 0.464 e. The average molecular weight is 482 g/mol. The summed E-state index contributed by atoms with van der Waals surface area (Å²) in [4.78, 5) is 24.9. The zero-order valence-corrected chi connectivity index (χ0v) is 22.7. The minimum absolute atomic E-state index is 0.157. The van der Waals surface area contributed by atoms with Crippen molar-refractivity contribution in [1.29, 1.82) is 0 Å². The quantitative estimate of drug-likeness (QED) is 0.140. The van der Waals surface area contributed by atoms with Gasteiger partial charge < -0.3 is 14.8 Å². The molecule has 1 fully saturated rings. The molecule has 0 aromatic heterocycles. The van der Waals surface area contributed by atoms with Crippen LogP contribution in [0.1, 0.15) is 143 Å². The number of alkyl carbamates (subject to hydrolysis) is 1. The fraction of sp³-hybridized carbons (Fsp3) is 0.931. The summed E-state index contributed by atoms with van der Waals surface area (Å²) >= 11 is 0. The summed E-state index contributed by atoms with van der Waals surface area (Å²) in [6.07, 6.45) is 23.1. The summed E-state index contributed by atoms with van der Waals surface area (Å²) in [6, 6.07) is -0.577. The molecule has 34 heavy (non-hydrogen) atoms. The minimum atomic E-state index is -0.577. The smallest absolute Gasteiger partial charge is 0.407 e. The van der Waals surface area contributed by atoms with Crippen LogP contribution in [0.25, 0.3) is 0 Å². The second kappa shape index (κ2) is 21.1. The molecule has 1 aliphatic rings. The Labute approximate surface area is 210 Å². The zero-order valence-electron chi connectivity index (χ0n) is 22.7. The van der Waals surface area contributed by atoms with Crippen LogP contribution in [0, 0.1) is 11.8 Å². The molecule has 200 valence electrons. The van der Waals surface area contributed by atoms with Gasteiger partial charge in [0.25, 0.3) is 0 Å². The van der Waals surface area contributed by atoms with Gasteiger partial charge in [-0.05, 0) is 31.1 Å². The SMILES string of the molecule is CCCCCCCCCCCCCCCCOC(=O)C(NC(=O)OCC(C)C)C1CCCCC1. The Bertz CT molecular complexity index is 502. The molecule has 5 heteroatoms. The first-order valence-electron chi connectivity index (χ1n) is 14.6. The molecule has 0 radical (unpaired) electrons. The van der Waals surface area contributed by atoms with E-state index in [1.807, 2.05) is 13.8 Å². The summed E-state index contributed by atoms with van der Waals surface area (Å²) in [5, 5.41) is 2.81. The minimum Gasteiger partial charge on any atom is -0.464 e. The van der Waals surface area contributed by atoms with Crippen LogP contribution in [0.2, 0.25) is 0 Å². The van der Waals surface area contributed by atoms with E-state index in [1.165, 1.54) is 83.5 Å². The lowest BCUT2D eigenvalue weighted by Crippen LogP contribution is -2.47. The summed E-state index contributed by atoms with van der Waals surface area (Å²) in [5.41, 5.74) is 0. The topological polar surface area (TPSA) is 64.6 Å². The first-order chi connectivity index (χ1) is 16.5. The van der Waals surface area contributed by atoms with Gasteiger partial charge in [-0.1, -0.05) is 124 Å². The number of nitrogens with one attached hydrogen (secondary N) is 1. The summed E-state index contributed by atoms with van der Waals surface area (Å²) in [6.45, 7) is 7.07. The highest BCUT2D eigenvalue weighted by molar-refractivity contribution is 5.81. The number of unbranched alkanes of at least 4 members (excludes halogenated alkanes) is 13. The van der Waals surface area contributed by atoms with Gasteiger partial charge in [-0.3, -0.25) is 0 Å². The molecule has 1 aliphatic carbocycles. The van der Waals surface area contributed by atoms with Gasteiger partial charge >= 0.3 is 12.1 Å². The fourth-order valence-corrected chi connectivity index (χ4v) is 4.81. The van der Waals surface area contributed by atoms with Gasteiger partial charge in [0, 0.05) is 0 Å². The molecule has 1 saturated carbocycles. The van der Waals surface area contributed by atoms with Gasteiger partial charge in [0.15, 0.2) is 0 Å². The van der Waals surface area contributed by atoms with Crippen molar-refractivity contribution in [2.75, 3.05) is 13.2 Å². The Morgan fingerprint density at radius 1 is 0.735 bits per heavy atom. The van der Waals surface area contributed by atoms with Gasteiger partial charge in [0.1, 0.15) is 6.04 Å². The first kappa shape index (κ1) is 30.8. The summed E-state index contributed by atoms with van der Waals surface area (Å²) in [7, 11) is 0. The van der Waals surface area contributed by atoms with E-state index in [9.17, 15) is 9.59 Å². The molecule has 0 bridgehead atoms. The summed E-state index contributed by atoms with van der Waals surface area (Å²) in [5.74, 6) is 0.137. The van der Waals surface area contributed by atoms with Crippen molar-refractivity contribution >= 4 is 12.1 Å². The van der Waals surface area contributed by atoms with Gasteiger partial charge in [-0.15, -0.1) is 0 Å². The van der Waals surface area contributed by atoms with E-state index in [1.54, 1.807) is 0 Å². The van der Waals surface area contributed by atoms with Crippen molar-refractivity contribution in [1.82, 2.24) is 5.32 Å². The monoisotopic (exact) mass is 481 g/mol. The van der Waals surface area contributed by atoms with Crippen molar-refractivity contribution in [2.45, 2.75) is 149 Å². The van der Waals surface area contributed by atoms with Crippen LogP contribution in [-0.4, -0.2) is 31.3 Å². The van der Waals surface area contributed by atoms with E-state index in [0.717, 1.165) is 38.5 Å². The van der Waals surface area contributed by atoms with Gasteiger partial charge in [-0.25, -0.2) is 9.59 Å². The molecule has 1 atom stereocenters. The predicted octanol–water partition coefficient (Wildman–Crippen LogP) is 8.34. The lowest BCUT2D eigenvalue weighted by Gasteiger charge is -2.29. The van der Waals surface area contributed by atoms with Gasteiger partial charge in [0.05, 0.1) is 13.2 Å². The van der Waals surface area contributed by atoms with Crippen molar-refractivity contribution < 1.29 is 19.1 Å². The summed E-state index contributed by atoms with van der Waals surface area (Å²) < 4.78 is 10.8. The second-order valence-electron chi connectivity index (χ2n) is 10.8. The Morgan fingerprint density at radius 2 is 1.24 bits per heavy atom. The standard InChI is InChI=1S/C29H55NO4/c1-4-5-6-7-8-9-10-11-12-13-14-15-16-20-23-33-28(31)27(26-21-18-17-19-22-26)30-29(32)34-24-25(2)3/h25-27H,4-24H2,1-3H3,(H,30,32). The molecule has 0 aliphatic heterocycles. The van der Waals surface area contributed by atoms with E-state index in [0.29, 0.717) is 13.2 Å². The van der Waals surface area contributed by atoms with E-state index in [4.69, 9.17) is 9.47 Å². The van der Waals surface area contributed by atoms with Crippen molar-refractivity contribution in [3.05, 3.63) is 0 Å². The number of esters is 1. The molecule has 0 aromatic carbocycles. The molecule has 5 nitrogen and oxygen atoms in total. The van der Waals surface area contributed by atoms with Gasteiger partial charge in [0.2, 0.25) is 0 Å². The third-order valence-corrected chi connectivity index (χ3v) is 6.94. The van der Waals surface area contributed by atoms with E-state index < -0.39 is 12.1 Å². The lowest BCUT2D eigenvalue weighted by atomic mass is 9.84. The third kappa shape index (κ3) is 16.4. The van der Waals surface area contributed by atoms with E-state index in [2.05, 4.69) is 12.2 Å². The third-order valence-electron chi connectivity index (χ3n) is 6.94. The van der Waals surface area contributed by atoms with E-state index in [-0.39, 0.29) is 17.8 Å². The maximum Gasteiger partial charge on any atom is 0.407 e. The molecule has 1 unspecified atom stereocenters. The van der Waals surface area contributed by atoms with Crippen LogP contribution in [-0.2, 0) is 14.3 Å². The van der Waals surface area contributed by atoms with Crippen molar-refractivity contribution in [3.8, 4) is 0 Å². The highest BCUT2D eigenvalue weighted by Gasteiger charge is 2.32. The maximum atomic E-state index is 12.8. The number of hydrogen-bond acceptors (Lipinski definition) is 4. The Balaban J connectivity index is 2.11. The molecule has 1 N–H and O–H groups in total. The number of hydrogen-bond donors (Lipinski definition) is 1. The highest BCUT2D eigenvalue weighted by Crippen LogP contribution is 2.27. The van der Waals surface area contributed by atoms with Crippen LogP contribution < -0.4 is 5.32 Å². The molecule has 1 amide bonds. The fourth-order valence-electron chi connectivity index (χ4n) is 4.81. The van der Waals surface area contributed by atoms with Crippen LogP contribution in [0.15, 0.2) is 0 Å². The Kier molecular flexibility index (Phi) is 19.1. The molecule has 0 aromatic rings. The molecular formula is C29H55NO4. The normalized spacial score (nSPS) is 15.3. The van der Waals surface area contributed by atoms with Gasteiger partial charge in [-0.2, -0.15) is 0 Å². The molecule has 0 heterocycles. The Hall–Kier alpha value is -1.26. The molecule has 1 rings (SSSR count). The van der Waals surface area contributed by atoms with Crippen LogP contribution in [0.4, 0.5) is 4.79 Å². The molecule has 0 saturated heterocycles. The molecule has 0 spiro atoms. The van der Waals surface area contributed by atoms with E-state index >= 15 is 0 Å². The number of carbonyl (C=O) groups excluding carboxylic acids is 2. The van der Waals surface area contributed by atoms with Crippen LogP contribution in [0.5, 0.6) is 0 Å².